The molecule has 1 aliphatic heterocycles. The fraction of sp³-hybridized carbons (Fsp3) is 0.429. The van der Waals surface area contributed by atoms with Crippen LogP contribution in [0.25, 0.3) is 0 Å². The van der Waals surface area contributed by atoms with E-state index in [4.69, 9.17) is 11.6 Å². The quantitative estimate of drug-likeness (QED) is 0.924. The highest BCUT2D eigenvalue weighted by atomic mass is 35.5. The Balaban J connectivity index is 1.95. The Labute approximate surface area is 127 Å². The number of aromatic nitrogens is 4. The fourth-order valence-corrected chi connectivity index (χ4v) is 3.15. The summed E-state index contributed by atoms with van der Waals surface area (Å²) in [6.45, 7) is 4.64. The molecule has 2 aromatic heterocycles. The first kappa shape index (κ1) is 14.0. The van der Waals surface area contributed by atoms with Crippen molar-refractivity contribution < 1.29 is 4.79 Å². The Morgan fingerprint density at radius 2 is 2.29 bits per heavy atom. The van der Waals surface area contributed by atoms with E-state index in [0.29, 0.717) is 6.54 Å². The number of halogens is 1. The van der Waals surface area contributed by atoms with E-state index in [-0.39, 0.29) is 22.7 Å². The van der Waals surface area contributed by atoms with Crippen LogP contribution < -0.4 is 0 Å². The van der Waals surface area contributed by atoms with Crippen LogP contribution in [-0.4, -0.2) is 37.5 Å². The Kier molecular flexibility index (Phi) is 3.63. The lowest BCUT2D eigenvalue weighted by atomic mass is 10.0. The number of aromatic amines is 1. The summed E-state index contributed by atoms with van der Waals surface area (Å²) in [7, 11) is 0. The predicted molar refractivity (Wildman–Crippen MR) is 78.1 cm³/mol. The van der Waals surface area contributed by atoms with E-state index in [1.165, 1.54) is 12.5 Å². The highest BCUT2D eigenvalue weighted by Crippen LogP contribution is 2.36. The molecule has 0 aromatic carbocycles. The molecule has 7 heteroatoms. The fourth-order valence-electron chi connectivity index (χ4n) is 2.97. The van der Waals surface area contributed by atoms with Crippen LogP contribution in [-0.2, 0) is 0 Å². The summed E-state index contributed by atoms with van der Waals surface area (Å²) in [5.74, 6) is -0.148. The molecule has 0 radical (unpaired) electrons. The molecule has 6 nitrogen and oxygen atoms in total. The van der Waals surface area contributed by atoms with Crippen LogP contribution in [0.2, 0.25) is 5.02 Å². The maximum absolute atomic E-state index is 12.7. The van der Waals surface area contributed by atoms with Crippen LogP contribution >= 0.6 is 11.6 Å². The minimum atomic E-state index is -0.148. The lowest BCUT2D eigenvalue weighted by Gasteiger charge is -2.25. The Morgan fingerprint density at radius 3 is 2.95 bits per heavy atom. The van der Waals surface area contributed by atoms with Crippen LogP contribution in [0.4, 0.5) is 0 Å². The van der Waals surface area contributed by atoms with E-state index in [1.54, 1.807) is 0 Å². The van der Waals surface area contributed by atoms with Crippen LogP contribution in [0.15, 0.2) is 12.5 Å². The van der Waals surface area contributed by atoms with Crippen molar-refractivity contribution >= 4 is 17.5 Å². The monoisotopic (exact) mass is 305 g/mol. The van der Waals surface area contributed by atoms with E-state index in [0.717, 1.165) is 29.8 Å². The molecule has 1 saturated heterocycles. The molecule has 0 aliphatic carbocycles. The van der Waals surface area contributed by atoms with E-state index in [2.05, 4.69) is 20.2 Å². The zero-order chi connectivity index (χ0) is 15.0. The van der Waals surface area contributed by atoms with Gasteiger partial charge in [0.25, 0.3) is 5.91 Å². The maximum Gasteiger partial charge on any atom is 0.274 e. The molecule has 3 heterocycles. The third kappa shape index (κ3) is 2.40. The molecule has 1 fully saturated rings. The molecule has 0 spiro atoms. The molecule has 0 saturated carbocycles. The van der Waals surface area contributed by atoms with Gasteiger partial charge in [0.1, 0.15) is 12.0 Å². The highest BCUT2D eigenvalue weighted by Gasteiger charge is 2.34. The van der Waals surface area contributed by atoms with E-state index in [9.17, 15) is 4.79 Å². The largest absolute Gasteiger partial charge is 0.330 e. The van der Waals surface area contributed by atoms with Crippen molar-refractivity contribution in [1.82, 2.24) is 25.1 Å². The van der Waals surface area contributed by atoms with Crippen molar-refractivity contribution in [3.8, 4) is 0 Å². The van der Waals surface area contributed by atoms with Gasteiger partial charge in [-0.15, -0.1) is 0 Å². The van der Waals surface area contributed by atoms with Crippen LogP contribution in [0.5, 0.6) is 0 Å². The van der Waals surface area contributed by atoms with Gasteiger partial charge < -0.3 is 4.90 Å². The number of nitrogens with one attached hydrogen (secondary N) is 1. The van der Waals surface area contributed by atoms with Crippen molar-refractivity contribution in [3.05, 3.63) is 40.2 Å². The van der Waals surface area contributed by atoms with Gasteiger partial charge in [0.05, 0.1) is 16.8 Å². The van der Waals surface area contributed by atoms with Gasteiger partial charge in [-0.3, -0.25) is 9.89 Å². The molecule has 3 rings (SSSR count). The average molecular weight is 306 g/mol. The lowest BCUT2D eigenvalue weighted by Crippen LogP contribution is -2.32. The predicted octanol–water partition coefficient (Wildman–Crippen LogP) is 2.45. The number of amides is 1. The number of likely N-dealkylation sites (tertiary alicyclic amines) is 1. The highest BCUT2D eigenvalue weighted by molar-refractivity contribution is 6.33. The van der Waals surface area contributed by atoms with Gasteiger partial charge in [0.2, 0.25) is 0 Å². The van der Waals surface area contributed by atoms with Gasteiger partial charge in [-0.2, -0.15) is 5.10 Å². The molecular weight excluding hydrogens is 290 g/mol. The van der Waals surface area contributed by atoms with Crippen molar-refractivity contribution in [2.75, 3.05) is 6.54 Å². The number of hydrogen-bond donors (Lipinski definition) is 1. The lowest BCUT2D eigenvalue weighted by molar-refractivity contribution is 0.0729. The summed E-state index contributed by atoms with van der Waals surface area (Å²) in [4.78, 5) is 22.4. The Morgan fingerprint density at radius 1 is 1.48 bits per heavy atom. The number of rotatable bonds is 2. The van der Waals surface area contributed by atoms with Gasteiger partial charge in [-0.05, 0) is 26.7 Å². The topological polar surface area (TPSA) is 74.8 Å². The van der Waals surface area contributed by atoms with E-state index < -0.39 is 0 Å². The van der Waals surface area contributed by atoms with Crippen LogP contribution in [0, 0.1) is 13.8 Å². The SMILES string of the molecule is Cc1n[nH]c(C)c1C1CCCN1C(=O)c1ncncc1Cl. The first-order valence-corrected chi connectivity index (χ1v) is 7.25. The van der Waals surface area contributed by atoms with Crippen molar-refractivity contribution in [2.45, 2.75) is 32.7 Å². The second-order valence-electron chi connectivity index (χ2n) is 5.22. The number of H-pyrrole nitrogens is 1. The number of hydrogen-bond acceptors (Lipinski definition) is 4. The molecular formula is C14H16ClN5O. The maximum atomic E-state index is 12.7. The molecule has 1 atom stereocenters. The van der Waals surface area contributed by atoms with E-state index in [1.807, 2.05) is 18.7 Å². The van der Waals surface area contributed by atoms with Gasteiger partial charge in [-0.25, -0.2) is 9.97 Å². The first-order chi connectivity index (χ1) is 10.1. The number of nitrogens with zero attached hydrogens (tertiary/aromatic N) is 4. The zero-order valence-corrected chi connectivity index (χ0v) is 12.7. The second kappa shape index (κ2) is 5.44. The molecule has 0 bridgehead atoms. The molecule has 1 amide bonds. The molecule has 1 unspecified atom stereocenters. The van der Waals surface area contributed by atoms with Gasteiger partial charge >= 0.3 is 0 Å². The normalized spacial score (nSPS) is 18.2. The minimum Gasteiger partial charge on any atom is -0.330 e. The Bertz CT molecular complexity index is 664. The van der Waals surface area contributed by atoms with Crippen molar-refractivity contribution in [1.29, 1.82) is 0 Å². The average Bonchev–Trinajstić information content (AvgIpc) is 3.05. The number of carbonyl (C=O) groups is 1. The van der Waals surface area contributed by atoms with Gasteiger partial charge in [-0.1, -0.05) is 11.6 Å². The minimum absolute atomic E-state index is 0.0299. The summed E-state index contributed by atoms with van der Waals surface area (Å²) >= 11 is 6.04. The summed E-state index contributed by atoms with van der Waals surface area (Å²) in [6, 6.07) is 0.0299. The number of aryl methyl sites for hydroxylation is 2. The Hall–Kier alpha value is -1.95. The van der Waals surface area contributed by atoms with Gasteiger partial charge in [0.15, 0.2) is 0 Å². The van der Waals surface area contributed by atoms with Crippen molar-refractivity contribution in [3.63, 3.8) is 0 Å². The first-order valence-electron chi connectivity index (χ1n) is 6.87. The molecule has 1 aliphatic rings. The number of carbonyl (C=O) groups excluding carboxylic acids is 1. The van der Waals surface area contributed by atoms with E-state index >= 15 is 0 Å². The second-order valence-corrected chi connectivity index (χ2v) is 5.63. The summed E-state index contributed by atoms with van der Waals surface area (Å²) in [5.41, 5.74) is 3.31. The van der Waals surface area contributed by atoms with Crippen LogP contribution in [0.3, 0.4) is 0 Å². The summed E-state index contributed by atoms with van der Waals surface area (Å²) < 4.78 is 0. The third-order valence-electron chi connectivity index (χ3n) is 3.90. The summed E-state index contributed by atoms with van der Waals surface area (Å²) in [6.07, 6.45) is 4.68. The van der Waals surface area contributed by atoms with Crippen LogP contribution in [0.1, 0.15) is 46.3 Å². The van der Waals surface area contributed by atoms with Gasteiger partial charge in [0, 0.05) is 24.0 Å². The third-order valence-corrected chi connectivity index (χ3v) is 4.18. The molecule has 21 heavy (non-hydrogen) atoms. The summed E-state index contributed by atoms with van der Waals surface area (Å²) in [5, 5.41) is 7.50. The smallest absolute Gasteiger partial charge is 0.274 e. The van der Waals surface area contributed by atoms with Crippen molar-refractivity contribution in [2.24, 2.45) is 0 Å². The zero-order valence-electron chi connectivity index (χ0n) is 11.9. The standard InChI is InChI=1S/C14H16ClN5O/c1-8-12(9(2)19-18-8)11-4-3-5-20(11)14(21)13-10(15)6-16-7-17-13/h6-7,11H,3-5H2,1-2H3,(H,18,19). The molecule has 1 N–H and O–H groups in total. The molecule has 2 aromatic rings. The molecule has 110 valence electrons.